The maximum Gasteiger partial charge on any atom is 0.271 e. The highest BCUT2D eigenvalue weighted by atomic mass is 35.5. The molecular formula is C16H18ClN3O2. The Morgan fingerprint density at radius 2 is 2.18 bits per heavy atom. The van der Waals surface area contributed by atoms with Crippen molar-refractivity contribution in [1.82, 2.24) is 15.1 Å². The van der Waals surface area contributed by atoms with Gasteiger partial charge in [0, 0.05) is 30.3 Å². The van der Waals surface area contributed by atoms with Crippen molar-refractivity contribution in [2.45, 2.75) is 12.8 Å². The highest BCUT2D eigenvalue weighted by Crippen LogP contribution is 2.22. The summed E-state index contributed by atoms with van der Waals surface area (Å²) in [7, 11) is 0. The number of piperidine rings is 1. The molecule has 0 saturated carbocycles. The van der Waals surface area contributed by atoms with E-state index in [9.17, 15) is 9.90 Å². The van der Waals surface area contributed by atoms with Crippen LogP contribution in [0.25, 0.3) is 11.3 Å². The van der Waals surface area contributed by atoms with Gasteiger partial charge in [-0.15, -0.1) is 0 Å². The zero-order valence-electron chi connectivity index (χ0n) is 12.1. The lowest BCUT2D eigenvalue weighted by atomic mass is 9.99. The van der Waals surface area contributed by atoms with E-state index in [1.807, 2.05) is 12.1 Å². The molecule has 1 atom stereocenters. The molecule has 1 aromatic heterocycles. The predicted molar refractivity (Wildman–Crippen MR) is 84.7 cm³/mol. The number of aromatic nitrogens is 2. The highest BCUT2D eigenvalue weighted by Gasteiger charge is 2.25. The lowest BCUT2D eigenvalue weighted by molar-refractivity contribution is 0.0615. The molecule has 2 aromatic rings. The van der Waals surface area contributed by atoms with Crippen LogP contribution >= 0.6 is 11.6 Å². The molecule has 1 aliphatic rings. The third kappa shape index (κ3) is 3.15. The lowest BCUT2D eigenvalue weighted by Crippen LogP contribution is -2.41. The highest BCUT2D eigenvalue weighted by molar-refractivity contribution is 6.30. The number of aromatic amines is 1. The third-order valence-electron chi connectivity index (χ3n) is 4.01. The van der Waals surface area contributed by atoms with Gasteiger partial charge >= 0.3 is 0 Å². The van der Waals surface area contributed by atoms with Crippen molar-refractivity contribution in [2.75, 3.05) is 19.7 Å². The normalized spacial score (nSPS) is 18.5. The fraction of sp³-hybridized carbons (Fsp3) is 0.375. The number of nitrogens with zero attached hydrogens (tertiary/aromatic N) is 2. The first kappa shape index (κ1) is 15.1. The topological polar surface area (TPSA) is 69.2 Å². The number of carbonyl (C=O) groups is 1. The Kier molecular flexibility index (Phi) is 4.45. The molecular weight excluding hydrogens is 302 g/mol. The molecule has 2 heterocycles. The van der Waals surface area contributed by atoms with Gasteiger partial charge in [0.1, 0.15) is 5.69 Å². The van der Waals surface area contributed by atoms with Crippen LogP contribution < -0.4 is 0 Å². The van der Waals surface area contributed by atoms with Gasteiger partial charge in [-0.3, -0.25) is 9.89 Å². The molecule has 1 fully saturated rings. The second-order valence-electron chi connectivity index (χ2n) is 5.62. The van der Waals surface area contributed by atoms with Crippen LogP contribution in [0.4, 0.5) is 0 Å². The Bertz CT molecular complexity index is 654. The maximum atomic E-state index is 12.5. The van der Waals surface area contributed by atoms with Gasteiger partial charge < -0.3 is 10.0 Å². The zero-order valence-corrected chi connectivity index (χ0v) is 12.9. The fourth-order valence-electron chi connectivity index (χ4n) is 2.77. The number of H-pyrrole nitrogens is 1. The Balaban J connectivity index is 1.75. The third-order valence-corrected chi connectivity index (χ3v) is 4.26. The average molecular weight is 320 g/mol. The number of likely N-dealkylation sites (tertiary alicyclic amines) is 1. The molecule has 1 amide bonds. The van der Waals surface area contributed by atoms with Crippen molar-refractivity contribution < 1.29 is 9.90 Å². The van der Waals surface area contributed by atoms with Crippen LogP contribution in [-0.2, 0) is 0 Å². The quantitative estimate of drug-likeness (QED) is 0.913. The average Bonchev–Trinajstić information content (AvgIpc) is 3.05. The van der Waals surface area contributed by atoms with Crippen molar-refractivity contribution in [1.29, 1.82) is 0 Å². The molecule has 3 rings (SSSR count). The van der Waals surface area contributed by atoms with E-state index in [1.165, 1.54) is 0 Å². The smallest absolute Gasteiger partial charge is 0.271 e. The molecule has 0 radical (unpaired) electrons. The minimum atomic E-state index is -0.0640. The summed E-state index contributed by atoms with van der Waals surface area (Å²) in [5.74, 6) is 0.113. The molecule has 116 valence electrons. The van der Waals surface area contributed by atoms with Gasteiger partial charge in [-0.2, -0.15) is 5.10 Å². The second kappa shape index (κ2) is 6.50. The predicted octanol–water partition coefficient (Wildman–Crippen LogP) is 2.57. The van der Waals surface area contributed by atoms with Crippen LogP contribution in [0.3, 0.4) is 0 Å². The zero-order chi connectivity index (χ0) is 15.5. The van der Waals surface area contributed by atoms with Gasteiger partial charge in [-0.05, 0) is 37.0 Å². The molecule has 0 bridgehead atoms. The molecule has 1 saturated heterocycles. The summed E-state index contributed by atoms with van der Waals surface area (Å²) >= 11 is 5.87. The minimum absolute atomic E-state index is 0.0640. The number of rotatable bonds is 3. The molecule has 1 aromatic carbocycles. The van der Waals surface area contributed by atoms with Crippen molar-refractivity contribution in [3.63, 3.8) is 0 Å². The largest absolute Gasteiger partial charge is 0.396 e. The first-order chi connectivity index (χ1) is 10.7. The van der Waals surface area contributed by atoms with E-state index in [0.717, 1.165) is 30.6 Å². The van der Waals surface area contributed by atoms with E-state index in [2.05, 4.69) is 10.2 Å². The summed E-state index contributed by atoms with van der Waals surface area (Å²) in [6, 6.07) is 9.09. The molecule has 6 heteroatoms. The van der Waals surface area contributed by atoms with E-state index in [4.69, 9.17) is 11.6 Å². The lowest BCUT2D eigenvalue weighted by Gasteiger charge is -2.31. The Morgan fingerprint density at radius 1 is 1.41 bits per heavy atom. The van der Waals surface area contributed by atoms with Crippen molar-refractivity contribution in [2.24, 2.45) is 5.92 Å². The van der Waals surface area contributed by atoms with E-state index in [0.29, 0.717) is 17.3 Å². The van der Waals surface area contributed by atoms with Gasteiger partial charge in [0.15, 0.2) is 0 Å². The van der Waals surface area contributed by atoms with Crippen LogP contribution in [0.2, 0.25) is 5.02 Å². The number of halogens is 1. The number of aliphatic hydroxyl groups is 1. The van der Waals surface area contributed by atoms with Crippen LogP contribution in [0, 0.1) is 5.92 Å². The number of benzene rings is 1. The standard InChI is InChI=1S/C16H18ClN3O2/c17-13-5-3-12(4-6-13)14-8-15(19-18-14)16(22)20-7-1-2-11(9-20)10-21/h3-6,8,11,21H,1-2,7,9-10H2,(H,18,19). The van der Waals surface area contributed by atoms with Crippen molar-refractivity contribution in [3.05, 3.63) is 41.0 Å². The summed E-state index contributed by atoms with van der Waals surface area (Å²) in [5.41, 5.74) is 2.10. The SMILES string of the molecule is O=C(c1cc(-c2ccc(Cl)cc2)n[nH]1)N1CCCC(CO)C1. The van der Waals surface area contributed by atoms with Gasteiger partial charge in [0.25, 0.3) is 5.91 Å². The number of nitrogens with one attached hydrogen (secondary N) is 1. The van der Waals surface area contributed by atoms with Gasteiger partial charge in [-0.25, -0.2) is 0 Å². The van der Waals surface area contributed by atoms with Gasteiger partial charge in [-0.1, -0.05) is 23.7 Å². The van der Waals surface area contributed by atoms with Crippen molar-refractivity contribution >= 4 is 17.5 Å². The number of hydrogen-bond donors (Lipinski definition) is 2. The summed E-state index contributed by atoms with van der Waals surface area (Å²) in [6.07, 6.45) is 1.90. The number of carbonyl (C=O) groups excluding carboxylic acids is 1. The molecule has 1 aliphatic heterocycles. The number of aliphatic hydroxyl groups excluding tert-OH is 1. The summed E-state index contributed by atoms with van der Waals surface area (Å²) in [4.78, 5) is 14.3. The van der Waals surface area contributed by atoms with Gasteiger partial charge in [0.05, 0.1) is 5.69 Å². The Morgan fingerprint density at radius 3 is 2.91 bits per heavy atom. The Hall–Kier alpha value is -1.85. The second-order valence-corrected chi connectivity index (χ2v) is 6.05. The van der Waals surface area contributed by atoms with E-state index in [-0.39, 0.29) is 18.4 Å². The molecule has 0 aliphatic carbocycles. The van der Waals surface area contributed by atoms with Crippen LogP contribution in [0.5, 0.6) is 0 Å². The van der Waals surface area contributed by atoms with Crippen molar-refractivity contribution in [3.8, 4) is 11.3 Å². The molecule has 5 nitrogen and oxygen atoms in total. The Labute approximate surface area is 133 Å². The first-order valence-corrected chi connectivity index (χ1v) is 7.76. The minimum Gasteiger partial charge on any atom is -0.396 e. The summed E-state index contributed by atoms with van der Waals surface area (Å²) in [5, 5.41) is 17.0. The molecule has 2 N–H and O–H groups in total. The maximum absolute atomic E-state index is 12.5. The van der Waals surface area contributed by atoms with E-state index < -0.39 is 0 Å². The van der Waals surface area contributed by atoms with E-state index in [1.54, 1.807) is 23.1 Å². The number of hydrogen-bond acceptors (Lipinski definition) is 3. The molecule has 22 heavy (non-hydrogen) atoms. The fourth-order valence-corrected chi connectivity index (χ4v) is 2.89. The monoisotopic (exact) mass is 319 g/mol. The van der Waals surface area contributed by atoms with E-state index >= 15 is 0 Å². The van der Waals surface area contributed by atoms with Crippen LogP contribution in [-0.4, -0.2) is 45.8 Å². The molecule has 1 unspecified atom stereocenters. The first-order valence-electron chi connectivity index (χ1n) is 7.39. The van der Waals surface area contributed by atoms with Crippen LogP contribution in [0.15, 0.2) is 30.3 Å². The number of amides is 1. The summed E-state index contributed by atoms with van der Waals surface area (Å²) < 4.78 is 0. The molecule has 0 spiro atoms. The van der Waals surface area contributed by atoms with Crippen LogP contribution in [0.1, 0.15) is 23.3 Å². The van der Waals surface area contributed by atoms with Gasteiger partial charge in [0.2, 0.25) is 0 Å². The summed E-state index contributed by atoms with van der Waals surface area (Å²) in [6.45, 7) is 1.46.